The van der Waals surface area contributed by atoms with Crippen LogP contribution in [0.25, 0.3) is 16.6 Å². The third kappa shape index (κ3) is 5.01. The van der Waals surface area contributed by atoms with Crippen LogP contribution in [0.4, 0.5) is 5.69 Å². The van der Waals surface area contributed by atoms with E-state index in [0.717, 1.165) is 35.4 Å². The van der Waals surface area contributed by atoms with Crippen molar-refractivity contribution in [3.8, 4) is 5.69 Å². The highest BCUT2D eigenvalue weighted by Gasteiger charge is 2.39. The number of nitrogens with zero attached hydrogens (tertiary/aromatic N) is 4. The van der Waals surface area contributed by atoms with Crippen LogP contribution in [0.3, 0.4) is 0 Å². The Kier molecular flexibility index (Phi) is 6.62. The molecule has 1 saturated carbocycles. The monoisotopic (exact) mass is 609 g/mol. The number of carbonyl (C=O) groups is 1. The summed E-state index contributed by atoms with van der Waals surface area (Å²) in [4.78, 5) is 13.0. The number of rotatable bonds is 7. The summed E-state index contributed by atoms with van der Waals surface area (Å²) in [5.74, 6) is -0.149. The van der Waals surface area contributed by atoms with Crippen molar-refractivity contribution in [2.75, 3.05) is 37.0 Å². The van der Waals surface area contributed by atoms with E-state index in [2.05, 4.69) is 21.2 Å². The summed E-state index contributed by atoms with van der Waals surface area (Å²) < 4.78 is 55.7. The maximum atomic E-state index is 13.2. The van der Waals surface area contributed by atoms with Gasteiger partial charge < -0.3 is 5.32 Å². The van der Waals surface area contributed by atoms with Gasteiger partial charge in [-0.1, -0.05) is 15.9 Å². The smallest absolute Gasteiger partial charge is 0.270 e. The average molecular weight is 611 g/mol. The zero-order valence-corrected chi connectivity index (χ0v) is 23.9. The topological polar surface area (TPSA) is 122 Å². The summed E-state index contributed by atoms with van der Waals surface area (Å²) in [7, 11) is -5.64. The molecule has 0 radical (unpaired) electrons. The fraction of sp³-hybridized carbons (Fsp3) is 0.417. The van der Waals surface area contributed by atoms with E-state index in [1.807, 2.05) is 30.3 Å². The van der Waals surface area contributed by atoms with Crippen LogP contribution in [-0.4, -0.2) is 75.5 Å². The van der Waals surface area contributed by atoms with E-state index in [1.54, 1.807) is 17.8 Å². The zero-order valence-electron chi connectivity index (χ0n) is 20.7. The van der Waals surface area contributed by atoms with Crippen LogP contribution in [0, 0.1) is 0 Å². The number of sulfonamides is 2. The van der Waals surface area contributed by atoms with E-state index >= 15 is 0 Å². The SMILES string of the molecule is CNC(=O)c1c2cc(C3CC3)c(N(C3CCN(S(C)(=O)=O)C3)S(C)(=O)=O)cc2nn1-c1ccc(Br)cc1. The molecule has 5 rings (SSSR count). The lowest BCUT2D eigenvalue weighted by Gasteiger charge is -2.30. The second kappa shape index (κ2) is 9.37. The van der Waals surface area contributed by atoms with E-state index < -0.39 is 26.1 Å². The van der Waals surface area contributed by atoms with Gasteiger partial charge in [-0.25, -0.2) is 21.5 Å². The molecule has 1 saturated heterocycles. The van der Waals surface area contributed by atoms with Gasteiger partial charge in [-0.3, -0.25) is 9.10 Å². The molecule has 0 spiro atoms. The van der Waals surface area contributed by atoms with Gasteiger partial charge in [0.25, 0.3) is 5.91 Å². The molecular weight excluding hydrogens is 582 g/mol. The van der Waals surface area contributed by atoms with Crippen LogP contribution in [0.5, 0.6) is 0 Å². The number of nitrogens with one attached hydrogen (secondary N) is 1. The highest BCUT2D eigenvalue weighted by Crippen LogP contribution is 2.47. The van der Waals surface area contributed by atoms with Gasteiger partial charge in [0.1, 0.15) is 5.69 Å². The van der Waals surface area contributed by atoms with E-state index in [4.69, 9.17) is 5.10 Å². The maximum absolute atomic E-state index is 13.2. The normalized spacial score (nSPS) is 18.9. The molecule has 1 amide bonds. The van der Waals surface area contributed by atoms with Crippen molar-refractivity contribution in [1.29, 1.82) is 0 Å². The van der Waals surface area contributed by atoms with Crippen LogP contribution >= 0.6 is 15.9 Å². The minimum Gasteiger partial charge on any atom is -0.354 e. The van der Waals surface area contributed by atoms with Crippen molar-refractivity contribution < 1.29 is 21.6 Å². The minimum absolute atomic E-state index is 0.0882. The summed E-state index contributed by atoms with van der Waals surface area (Å²) in [5, 5.41) is 8.04. The minimum atomic E-state index is -3.76. The lowest BCUT2D eigenvalue weighted by atomic mass is 10.0. The van der Waals surface area contributed by atoms with Gasteiger partial charge in [0, 0.05) is 30.0 Å². The molecule has 37 heavy (non-hydrogen) atoms. The zero-order chi connectivity index (χ0) is 26.7. The van der Waals surface area contributed by atoms with E-state index in [9.17, 15) is 21.6 Å². The van der Waals surface area contributed by atoms with Crippen molar-refractivity contribution in [2.45, 2.75) is 31.2 Å². The van der Waals surface area contributed by atoms with Gasteiger partial charge >= 0.3 is 0 Å². The van der Waals surface area contributed by atoms with E-state index in [-0.39, 0.29) is 24.9 Å². The molecule has 2 fully saturated rings. The first kappa shape index (κ1) is 26.1. The van der Waals surface area contributed by atoms with Crippen molar-refractivity contribution in [3.05, 3.63) is 52.1 Å². The lowest BCUT2D eigenvalue weighted by Crippen LogP contribution is -2.42. The van der Waals surface area contributed by atoms with Crippen LogP contribution in [0.15, 0.2) is 40.9 Å². The largest absolute Gasteiger partial charge is 0.354 e. The molecule has 1 aromatic heterocycles. The van der Waals surface area contributed by atoms with Crippen molar-refractivity contribution >= 4 is 58.5 Å². The highest BCUT2D eigenvalue weighted by atomic mass is 79.9. The Balaban J connectivity index is 1.71. The van der Waals surface area contributed by atoms with Crippen molar-refractivity contribution in [2.24, 2.45) is 0 Å². The number of fused-ring (bicyclic) bond motifs is 1. The summed E-state index contributed by atoms with van der Waals surface area (Å²) in [6, 6.07) is 10.5. The fourth-order valence-electron chi connectivity index (χ4n) is 5.01. The second-order valence-electron chi connectivity index (χ2n) is 9.64. The van der Waals surface area contributed by atoms with Crippen LogP contribution < -0.4 is 9.62 Å². The Morgan fingerprint density at radius 1 is 1.08 bits per heavy atom. The predicted octanol–water partition coefficient (Wildman–Crippen LogP) is 2.82. The Hall–Kier alpha value is -2.48. The maximum Gasteiger partial charge on any atom is 0.270 e. The average Bonchev–Trinajstić information content (AvgIpc) is 3.42. The molecule has 2 aliphatic rings. The first-order chi connectivity index (χ1) is 17.4. The van der Waals surface area contributed by atoms with Crippen LogP contribution in [0.2, 0.25) is 0 Å². The molecular formula is C24H28BrN5O5S2. The third-order valence-corrected chi connectivity index (χ3v) is 9.88. The predicted molar refractivity (Wildman–Crippen MR) is 146 cm³/mol. The molecule has 3 aromatic rings. The number of anilines is 1. The number of hydrogen-bond donors (Lipinski definition) is 1. The van der Waals surface area contributed by atoms with Gasteiger partial charge in [0.15, 0.2) is 0 Å². The van der Waals surface area contributed by atoms with Crippen molar-refractivity contribution in [1.82, 2.24) is 19.4 Å². The second-order valence-corrected chi connectivity index (χ2v) is 14.4. The fourth-order valence-corrected chi connectivity index (χ4v) is 7.38. The Labute approximate surface area is 224 Å². The first-order valence-electron chi connectivity index (χ1n) is 11.9. The number of amides is 1. The first-order valence-corrected chi connectivity index (χ1v) is 16.4. The van der Waals surface area contributed by atoms with Gasteiger partial charge in [-0.15, -0.1) is 0 Å². The molecule has 0 bridgehead atoms. The molecule has 10 nitrogen and oxygen atoms in total. The Bertz CT molecular complexity index is 1600. The van der Waals surface area contributed by atoms with E-state index in [1.165, 1.54) is 8.61 Å². The van der Waals surface area contributed by atoms with Gasteiger partial charge in [0.05, 0.1) is 35.4 Å². The van der Waals surface area contributed by atoms with Crippen LogP contribution in [-0.2, 0) is 20.0 Å². The molecule has 198 valence electrons. The Morgan fingerprint density at radius 2 is 1.76 bits per heavy atom. The van der Waals surface area contributed by atoms with E-state index in [0.29, 0.717) is 34.4 Å². The number of halogens is 1. The molecule has 1 unspecified atom stereocenters. The molecule has 1 atom stereocenters. The third-order valence-electron chi connectivity index (χ3n) is 6.87. The number of benzene rings is 2. The Morgan fingerprint density at radius 3 is 2.30 bits per heavy atom. The molecule has 1 N–H and O–H groups in total. The number of carbonyl (C=O) groups excluding carboxylic acids is 1. The molecule has 1 aliphatic carbocycles. The summed E-state index contributed by atoms with van der Waals surface area (Å²) in [6.07, 6.45) is 4.49. The molecule has 13 heteroatoms. The molecule has 2 aromatic carbocycles. The summed E-state index contributed by atoms with van der Waals surface area (Å²) in [6.45, 7) is 0.348. The highest BCUT2D eigenvalue weighted by molar-refractivity contribution is 9.10. The van der Waals surface area contributed by atoms with Crippen LogP contribution in [0.1, 0.15) is 41.2 Å². The van der Waals surface area contributed by atoms with Crippen molar-refractivity contribution in [3.63, 3.8) is 0 Å². The molecule has 2 heterocycles. The van der Waals surface area contributed by atoms with Gasteiger partial charge in [0.2, 0.25) is 20.0 Å². The van der Waals surface area contributed by atoms with Gasteiger partial charge in [-0.2, -0.15) is 9.40 Å². The quantitative estimate of drug-likeness (QED) is 0.439. The lowest BCUT2D eigenvalue weighted by molar-refractivity contribution is 0.0957. The van der Waals surface area contributed by atoms with Gasteiger partial charge in [-0.05, 0) is 67.1 Å². The summed E-state index contributed by atoms with van der Waals surface area (Å²) >= 11 is 3.43. The number of hydrogen-bond acceptors (Lipinski definition) is 6. The number of aromatic nitrogens is 2. The molecule has 1 aliphatic heterocycles. The summed E-state index contributed by atoms with van der Waals surface area (Å²) in [5.41, 5.74) is 2.86. The standard InChI is InChI=1S/C24H28BrN5O5S2/c1-26-24(31)23-20-12-19(15-4-5-15)22(13-21(20)27-29(23)17-8-6-16(25)7-9-17)30(37(3,34)35)18-10-11-28(14-18)36(2,32)33/h6-9,12-13,15,18H,4-5,10-11,14H2,1-3H3,(H,26,31).